The Balaban J connectivity index is 1.69. The predicted molar refractivity (Wildman–Crippen MR) is 86.5 cm³/mol. The molecule has 0 aliphatic heterocycles. The molecule has 3 amide bonds. The second-order valence-electron chi connectivity index (χ2n) is 5.16. The van der Waals surface area contributed by atoms with Crippen molar-refractivity contribution in [1.82, 2.24) is 16.2 Å². The van der Waals surface area contributed by atoms with Crippen molar-refractivity contribution in [3.8, 4) is 5.75 Å². The molecule has 3 N–H and O–H groups in total. The number of benzene rings is 2. The van der Waals surface area contributed by atoms with Crippen LogP contribution in [0.3, 0.4) is 0 Å². The summed E-state index contributed by atoms with van der Waals surface area (Å²) in [6, 6.07) is 9.46. The fraction of sp³-hybridized carbons (Fsp3) is 0.176. The van der Waals surface area contributed by atoms with Crippen LogP contribution in [0.1, 0.15) is 11.1 Å². The summed E-state index contributed by atoms with van der Waals surface area (Å²) in [7, 11) is 0. The third kappa shape index (κ3) is 5.76. The first-order valence-electron chi connectivity index (χ1n) is 7.41. The van der Waals surface area contributed by atoms with Crippen LogP contribution >= 0.6 is 0 Å². The van der Waals surface area contributed by atoms with Gasteiger partial charge in [-0.15, -0.1) is 0 Å². The van der Waals surface area contributed by atoms with Crippen molar-refractivity contribution in [3.63, 3.8) is 0 Å². The van der Waals surface area contributed by atoms with Crippen LogP contribution in [-0.2, 0) is 11.3 Å². The largest absolute Gasteiger partial charge is 0.481 e. The molecule has 0 spiro atoms. The van der Waals surface area contributed by atoms with Crippen LogP contribution in [0.5, 0.6) is 5.75 Å². The summed E-state index contributed by atoms with van der Waals surface area (Å²) >= 11 is 0. The second kappa shape index (κ2) is 8.62. The molecule has 6 nitrogen and oxygen atoms in total. The standard InChI is InChI=1S/C17H17F2N3O3/c1-11-8-12(6-7-13(11)18)9-20-17(24)22-21-16(23)10-25-15-5-3-2-4-14(15)19/h2-8H,9-10H2,1H3,(H,21,23)(H2,20,22,24). The highest BCUT2D eigenvalue weighted by Gasteiger charge is 2.08. The maximum Gasteiger partial charge on any atom is 0.333 e. The lowest BCUT2D eigenvalue weighted by atomic mass is 10.1. The van der Waals surface area contributed by atoms with Gasteiger partial charge >= 0.3 is 6.03 Å². The molecular formula is C17H17F2N3O3. The zero-order valence-corrected chi connectivity index (χ0v) is 13.4. The number of hydrogen-bond donors (Lipinski definition) is 3. The van der Waals surface area contributed by atoms with Crippen LogP contribution < -0.4 is 20.9 Å². The van der Waals surface area contributed by atoms with Crippen molar-refractivity contribution in [2.75, 3.05) is 6.61 Å². The van der Waals surface area contributed by atoms with E-state index >= 15 is 0 Å². The number of hydrazine groups is 1. The topological polar surface area (TPSA) is 79.5 Å². The molecule has 2 aromatic rings. The number of halogens is 2. The summed E-state index contributed by atoms with van der Waals surface area (Å²) in [4.78, 5) is 23.1. The van der Waals surface area contributed by atoms with Gasteiger partial charge in [-0.05, 0) is 36.2 Å². The van der Waals surface area contributed by atoms with E-state index in [0.717, 1.165) is 0 Å². The molecule has 0 aliphatic carbocycles. The normalized spacial score (nSPS) is 10.0. The van der Waals surface area contributed by atoms with Crippen molar-refractivity contribution in [2.45, 2.75) is 13.5 Å². The minimum atomic E-state index is -0.656. The molecule has 2 rings (SSSR count). The van der Waals surface area contributed by atoms with Gasteiger partial charge in [0.25, 0.3) is 5.91 Å². The number of rotatable bonds is 5. The molecule has 132 valence electrons. The molecule has 0 fully saturated rings. The van der Waals surface area contributed by atoms with E-state index in [9.17, 15) is 18.4 Å². The molecule has 0 saturated heterocycles. The van der Waals surface area contributed by atoms with Crippen LogP contribution in [0.15, 0.2) is 42.5 Å². The van der Waals surface area contributed by atoms with E-state index in [1.807, 2.05) is 0 Å². The van der Waals surface area contributed by atoms with Gasteiger partial charge in [0.15, 0.2) is 18.2 Å². The Hall–Kier alpha value is -3.16. The molecular weight excluding hydrogens is 332 g/mol. The van der Waals surface area contributed by atoms with E-state index in [0.29, 0.717) is 11.1 Å². The molecule has 25 heavy (non-hydrogen) atoms. The fourth-order valence-corrected chi connectivity index (χ4v) is 1.91. The van der Waals surface area contributed by atoms with Crippen LogP contribution in [0, 0.1) is 18.6 Å². The first kappa shape index (κ1) is 18.2. The molecule has 0 atom stereocenters. The van der Waals surface area contributed by atoms with E-state index in [-0.39, 0.29) is 18.1 Å². The lowest BCUT2D eigenvalue weighted by molar-refractivity contribution is -0.123. The van der Waals surface area contributed by atoms with Crippen LogP contribution in [0.2, 0.25) is 0 Å². The van der Waals surface area contributed by atoms with Gasteiger partial charge in [-0.25, -0.2) is 19.0 Å². The molecule has 0 aromatic heterocycles. The number of ether oxygens (including phenoxy) is 1. The van der Waals surface area contributed by atoms with E-state index in [1.165, 1.54) is 24.3 Å². The summed E-state index contributed by atoms with van der Waals surface area (Å²) in [6.07, 6.45) is 0. The molecule has 0 heterocycles. The van der Waals surface area contributed by atoms with Gasteiger partial charge < -0.3 is 10.1 Å². The molecule has 0 saturated carbocycles. The Bertz CT molecular complexity index is 769. The summed E-state index contributed by atoms with van der Waals surface area (Å²) < 4.78 is 31.4. The zero-order valence-electron chi connectivity index (χ0n) is 13.4. The first-order chi connectivity index (χ1) is 12.0. The Morgan fingerprint density at radius 3 is 2.52 bits per heavy atom. The van der Waals surface area contributed by atoms with Crippen LogP contribution in [0.4, 0.5) is 13.6 Å². The van der Waals surface area contributed by atoms with E-state index in [1.54, 1.807) is 25.1 Å². The lowest BCUT2D eigenvalue weighted by Gasteiger charge is -2.10. The van der Waals surface area contributed by atoms with Crippen molar-refractivity contribution in [3.05, 3.63) is 65.2 Å². The molecule has 0 aliphatic rings. The number of nitrogens with one attached hydrogen (secondary N) is 3. The Morgan fingerprint density at radius 2 is 1.80 bits per heavy atom. The Morgan fingerprint density at radius 1 is 1.04 bits per heavy atom. The van der Waals surface area contributed by atoms with Gasteiger partial charge in [0.2, 0.25) is 0 Å². The zero-order chi connectivity index (χ0) is 18.2. The van der Waals surface area contributed by atoms with Gasteiger partial charge in [-0.3, -0.25) is 10.2 Å². The SMILES string of the molecule is Cc1cc(CNC(=O)NNC(=O)COc2ccccc2F)ccc1F. The maximum absolute atomic E-state index is 13.3. The van der Waals surface area contributed by atoms with E-state index < -0.39 is 24.4 Å². The highest BCUT2D eigenvalue weighted by atomic mass is 19.1. The third-order valence-corrected chi connectivity index (χ3v) is 3.19. The number of amides is 3. The van der Waals surface area contributed by atoms with Crippen molar-refractivity contribution in [1.29, 1.82) is 0 Å². The number of carbonyl (C=O) groups is 2. The number of para-hydroxylation sites is 1. The second-order valence-corrected chi connectivity index (χ2v) is 5.16. The number of hydrogen-bond acceptors (Lipinski definition) is 3. The fourth-order valence-electron chi connectivity index (χ4n) is 1.91. The average Bonchev–Trinajstić information content (AvgIpc) is 2.60. The number of aryl methyl sites for hydroxylation is 1. The highest BCUT2D eigenvalue weighted by molar-refractivity contribution is 5.81. The minimum Gasteiger partial charge on any atom is -0.481 e. The molecule has 2 aromatic carbocycles. The molecule has 8 heteroatoms. The Kier molecular flexibility index (Phi) is 6.27. The van der Waals surface area contributed by atoms with Gasteiger partial charge in [0.05, 0.1) is 0 Å². The van der Waals surface area contributed by atoms with Crippen LogP contribution in [0.25, 0.3) is 0 Å². The summed E-state index contributed by atoms with van der Waals surface area (Å²) in [5, 5.41) is 2.50. The van der Waals surface area contributed by atoms with Crippen molar-refractivity contribution >= 4 is 11.9 Å². The van der Waals surface area contributed by atoms with Crippen LogP contribution in [-0.4, -0.2) is 18.5 Å². The lowest BCUT2D eigenvalue weighted by Crippen LogP contribution is -2.48. The van der Waals surface area contributed by atoms with Gasteiger partial charge in [0.1, 0.15) is 5.82 Å². The number of carbonyl (C=O) groups excluding carboxylic acids is 2. The summed E-state index contributed by atoms with van der Waals surface area (Å²) in [6.45, 7) is 1.32. The van der Waals surface area contributed by atoms with E-state index in [4.69, 9.17) is 4.74 Å². The monoisotopic (exact) mass is 349 g/mol. The quantitative estimate of drug-likeness (QED) is 0.724. The summed E-state index contributed by atoms with van der Waals surface area (Å²) in [5.74, 6) is -1.63. The third-order valence-electron chi connectivity index (χ3n) is 3.19. The molecule has 0 unspecified atom stereocenters. The van der Waals surface area contributed by atoms with Gasteiger partial charge in [0, 0.05) is 6.54 Å². The van der Waals surface area contributed by atoms with Crippen molar-refractivity contribution in [2.24, 2.45) is 0 Å². The van der Waals surface area contributed by atoms with Gasteiger partial charge in [-0.1, -0.05) is 24.3 Å². The molecule has 0 bridgehead atoms. The summed E-state index contributed by atoms with van der Waals surface area (Å²) in [5.41, 5.74) is 5.43. The smallest absolute Gasteiger partial charge is 0.333 e. The predicted octanol–water partition coefficient (Wildman–Crippen LogP) is 2.18. The Labute approximate surface area is 143 Å². The maximum atomic E-state index is 13.3. The first-order valence-corrected chi connectivity index (χ1v) is 7.41. The van der Waals surface area contributed by atoms with Gasteiger partial charge in [-0.2, -0.15) is 0 Å². The minimum absolute atomic E-state index is 0.0613. The number of urea groups is 1. The van der Waals surface area contributed by atoms with E-state index in [2.05, 4.69) is 16.2 Å². The molecule has 0 radical (unpaired) electrons. The van der Waals surface area contributed by atoms with Crippen molar-refractivity contribution < 1.29 is 23.1 Å². The average molecular weight is 349 g/mol. The highest BCUT2D eigenvalue weighted by Crippen LogP contribution is 2.14.